The second kappa shape index (κ2) is 7.32. The van der Waals surface area contributed by atoms with E-state index in [2.05, 4.69) is 15.6 Å². The molecule has 1 amide bonds. The molecule has 7 heteroatoms. The molecule has 3 aromatic carbocycles. The van der Waals surface area contributed by atoms with E-state index >= 15 is 0 Å². The van der Waals surface area contributed by atoms with Crippen LogP contribution < -0.4 is 15.6 Å². The quantitative estimate of drug-likeness (QED) is 0.595. The monoisotopic (exact) mass is 372 g/mol. The van der Waals surface area contributed by atoms with Gasteiger partial charge < -0.3 is 10.1 Å². The van der Waals surface area contributed by atoms with E-state index in [-0.39, 0.29) is 11.5 Å². The van der Waals surface area contributed by atoms with Gasteiger partial charge in [0.15, 0.2) is 0 Å². The Morgan fingerprint density at radius 3 is 2.46 bits per heavy atom. The summed E-state index contributed by atoms with van der Waals surface area (Å²) in [6.07, 6.45) is 0. The number of benzene rings is 3. The van der Waals surface area contributed by atoms with Gasteiger partial charge in [-0.3, -0.25) is 9.59 Å². The third-order valence-corrected chi connectivity index (χ3v) is 4.30. The predicted octanol–water partition coefficient (Wildman–Crippen LogP) is 3.04. The molecule has 4 aromatic rings. The van der Waals surface area contributed by atoms with Crippen LogP contribution in [0.1, 0.15) is 10.4 Å². The Labute approximate surface area is 160 Å². The Morgan fingerprint density at radius 1 is 0.964 bits per heavy atom. The number of fused-ring (bicyclic) bond motifs is 1. The Bertz CT molecular complexity index is 1220. The molecule has 1 aromatic heterocycles. The Kier molecular flexibility index (Phi) is 4.55. The number of amides is 1. The molecule has 0 aliphatic carbocycles. The van der Waals surface area contributed by atoms with E-state index in [1.165, 1.54) is 4.68 Å². The molecule has 138 valence electrons. The number of methoxy groups -OCH3 is 1. The number of hydrogen-bond acceptors (Lipinski definition) is 5. The van der Waals surface area contributed by atoms with Crippen molar-refractivity contribution in [2.45, 2.75) is 0 Å². The molecule has 0 radical (unpaired) electrons. The molecule has 0 saturated carbocycles. The highest BCUT2D eigenvalue weighted by molar-refractivity contribution is 6.05. The maximum Gasteiger partial charge on any atom is 0.282 e. The van der Waals surface area contributed by atoms with Gasteiger partial charge >= 0.3 is 0 Å². The minimum Gasteiger partial charge on any atom is -0.495 e. The smallest absolute Gasteiger partial charge is 0.282 e. The standard InChI is InChI=1S/C21H16N4O3/c1-28-19-9-5-4-8-18(19)22-20(26)14-10-12-15(13-11-14)25-21(27)16-6-2-3-7-17(16)23-24-25/h2-13H,1H3,(H,22,26). The molecule has 0 aliphatic rings. The molecule has 0 atom stereocenters. The summed E-state index contributed by atoms with van der Waals surface area (Å²) in [5.74, 6) is 0.290. The fraction of sp³-hybridized carbons (Fsp3) is 0.0476. The first-order chi connectivity index (χ1) is 13.7. The van der Waals surface area contributed by atoms with Crippen LogP contribution in [0, 0.1) is 0 Å². The molecule has 1 N–H and O–H groups in total. The zero-order valence-corrected chi connectivity index (χ0v) is 15.0. The van der Waals surface area contributed by atoms with Gasteiger partial charge in [0.2, 0.25) is 0 Å². The van der Waals surface area contributed by atoms with E-state index in [1.807, 2.05) is 12.1 Å². The lowest BCUT2D eigenvalue weighted by molar-refractivity contribution is 0.102. The molecule has 0 unspecified atom stereocenters. The van der Waals surface area contributed by atoms with Crippen LogP contribution in [0.25, 0.3) is 16.6 Å². The summed E-state index contributed by atoms with van der Waals surface area (Å²) in [5.41, 5.74) is 1.82. The maximum atomic E-state index is 12.6. The molecule has 0 saturated heterocycles. The number of para-hydroxylation sites is 2. The molecule has 1 heterocycles. The second-order valence-corrected chi connectivity index (χ2v) is 6.02. The summed E-state index contributed by atoms with van der Waals surface area (Å²) >= 11 is 0. The number of aromatic nitrogens is 3. The predicted molar refractivity (Wildman–Crippen MR) is 106 cm³/mol. The van der Waals surface area contributed by atoms with E-state index in [0.29, 0.717) is 33.6 Å². The molecular weight excluding hydrogens is 356 g/mol. The van der Waals surface area contributed by atoms with Crippen molar-refractivity contribution in [1.82, 2.24) is 15.0 Å². The first-order valence-corrected chi connectivity index (χ1v) is 8.57. The number of carbonyl (C=O) groups is 1. The highest BCUT2D eigenvalue weighted by atomic mass is 16.5. The number of rotatable bonds is 4. The third-order valence-electron chi connectivity index (χ3n) is 4.30. The molecule has 4 rings (SSSR count). The van der Waals surface area contributed by atoms with Crippen LogP contribution in [0.15, 0.2) is 77.6 Å². The van der Waals surface area contributed by atoms with Crippen LogP contribution in [0.2, 0.25) is 0 Å². The minimum absolute atomic E-state index is 0.267. The second-order valence-electron chi connectivity index (χ2n) is 6.02. The minimum atomic E-state index is -0.284. The first-order valence-electron chi connectivity index (χ1n) is 8.57. The van der Waals surface area contributed by atoms with Gasteiger partial charge in [-0.15, -0.1) is 5.10 Å². The Hall–Kier alpha value is -4.00. The fourth-order valence-corrected chi connectivity index (χ4v) is 2.85. The van der Waals surface area contributed by atoms with Crippen LogP contribution >= 0.6 is 0 Å². The van der Waals surface area contributed by atoms with E-state index in [1.54, 1.807) is 67.8 Å². The number of nitrogens with zero attached hydrogens (tertiary/aromatic N) is 3. The fourth-order valence-electron chi connectivity index (χ4n) is 2.85. The van der Waals surface area contributed by atoms with Gasteiger partial charge in [0, 0.05) is 5.56 Å². The molecule has 0 fully saturated rings. The summed E-state index contributed by atoms with van der Waals surface area (Å²) in [6.45, 7) is 0. The van der Waals surface area contributed by atoms with Gasteiger partial charge in [0.1, 0.15) is 11.3 Å². The average Bonchev–Trinajstić information content (AvgIpc) is 2.75. The number of hydrogen-bond donors (Lipinski definition) is 1. The zero-order chi connectivity index (χ0) is 19.5. The van der Waals surface area contributed by atoms with Crippen molar-refractivity contribution < 1.29 is 9.53 Å². The van der Waals surface area contributed by atoms with Gasteiger partial charge in [-0.25, -0.2) is 0 Å². The van der Waals surface area contributed by atoms with E-state index in [4.69, 9.17) is 4.74 Å². The van der Waals surface area contributed by atoms with Crippen LogP contribution in [0.5, 0.6) is 5.75 Å². The summed E-state index contributed by atoms with van der Waals surface area (Å²) < 4.78 is 6.45. The van der Waals surface area contributed by atoms with Gasteiger partial charge in [-0.05, 0) is 48.5 Å². The molecule has 7 nitrogen and oxygen atoms in total. The van der Waals surface area contributed by atoms with Crippen LogP contribution in [0.3, 0.4) is 0 Å². The highest BCUT2D eigenvalue weighted by Crippen LogP contribution is 2.23. The van der Waals surface area contributed by atoms with Crippen molar-refractivity contribution in [3.05, 3.63) is 88.7 Å². The van der Waals surface area contributed by atoms with Crippen molar-refractivity contribution in [2.24, 2.45) is 0 Å². The van der Waals surface area contributed by atoms with Crippen LogP contribution in [-0.4, -0.2) is 28.0 Å². The number of ether oxygens (including phenoxy) is 1. The Morgan fingerprint density at radius 2 is 1.68 bits per heavy atom. The van der Waals surface area contributed by atoms with Crippen LogP contribution in [0.4, 0.5) is 5.69 Å². The Balaban J connectivity index is 1.61. The number of nitrogens with one attached hydrogen (secondary N) is 1. The van der Waals surface area contributed by atoms with Crippen molar-refractivity contribution in [3.8, 4) is 11.4 Å². The summed E-state index contributed by atoms with van der Waals surface area (Å²) in [6, 6.07) is 20.8. The van der Waals surface area contributed by atoms with Gasteiger partial charge in [0.25, 0.3) is 11.5 Å². The highest BCUT2D eigenvalue weighted by Gasteiger charge is 2.11. The van der Waals surface area contributed by atoms with Crippen molar-refractivity contribution in [1.29, 1.82) is 0 Å². The topological polar surface area (TPSA) is 86.1 Å². The summed E-state index contributed by atoms with van der Waals surface area (Å²) in [5, 5.41) is 11.3. The molecular formula is C21H16N4O3. The molecule has 28 heavy (non-hydrogen) atoms. The van der Waals surface area contributed by atoms with E-state index < -0.39 is 0 Å². The largest absolute Gasteiger partial charge is 0.495 e. The number of anilines is 1. The molecule has 0 bridgehead atoms. The summed E-state index contributed by atoms with van der Waals surface area (Å²) in [7, 11) is 1.54. The van der Waals surface area contributed by atoms with Crippen molar-refractivity contribution in [2.75, 3.05) is 12.4 Å². The number of carbonyl (C=O) groups excluding carboxylic acids is 1. The summed E-state index contributed by atoms with van der Waals surface area (Å²) in [4.78, 5) is 25.1. The lowest BCUT2D eigenvalue weighted by Gasteiger charge is -2.10. The van der Waals surface area contributed by atoms with Crippen molar-refractivity contribution in [3.63, 3.8) is 0 Å². The maximum absolute atomic E-state index is 12.6. The van der Waals surface area contributed by atoms with E-state index in [0.717, 1.165) is 0 Å². The average molecular weight is 372 g/mol. The normalized spacial score (nSPS) is 10.6. The van der Waals surface area contributed by atoms with Crippen molar-refractivity contribution >= 4 is 22.5 Å². The SMILES string of the molecule is COc1ccccc1NC(=O)c1ccc(-n2nnc3ccccc3c2=O)cc1. The first kappa shape index (κ1) is 17.4. The third kappa shape index (κ3) is 3.21. The molecule has 0 spiro atoms. The van der Waals surface area contributed by atoms with E-state index in [9.17, 15) is 9.59 Å². The lowest BCUT2D eigenvalue weighted by atomic mass is 10.2. The zero-order valence-electron chi connectivity index (χ0n) is 15.0. The van der Waals surface area contributed by atoms with Gasteiger partial charge in [-0.2, -0.15) is 4.68 Å². The molecule has 0 aliphatic heterocycles. The lowest BCUT2D eigenvalue weighted by Crippen LogP contribution is -2.22. The van der Waals surface area contributed by atoms with Gasteiger partial charge in [0.05, 0.1) is 23.9 Å². The van der Waals surface area contributed by atoms with Gasteiger partial charge in [-0.1, -0.05) is 29.5 Å². The van der Waals surface area contributed by atoms with Crippen LogP contribution in [-0.2, 0) is 0 Å².